The predicted molar refractivity (Wildman–Crippen MR) is 81.6 cm³/mol. The van der Waals surface area contributed by atoms with Crippen LogP contribution in [0.2, 0.25) is 0 Å². The van der Waals surface area contributed by atoms with Crippen molar-refractivity contribution in [2.75, 3.05) is 7.11 Å². The van der Waals surface area contributed by atoms with Crippen molar-refractivity contribution in [3.05, 3.63) is 65.7 Å². The van der Waals surface area contributed by atoms with E-state index in [1.807, 2.05) is 0 Å². The van der Waals surface area contributed by atoms with Crippen LogP contribution in [0.15, 0.2) is 42.9 Å². The van der Waals surface area contributed by atoms with Crippen LogP contribution in [0, 0.1) is 11.6 Å². The molecule has 1 aromatic carbocycles. The average molecular weight is 346 g/mol. The average Bonchev–Trinajstić information content (AvgIpc) is 3.05. The van der Waals surface area contributed by atoms with Gasteiger partial charge in [0.05, 0.1) is 7.11 Å². The van der Waals surface area contributed by atoms with Crippen molar-refractivity contribution >= 4 is 17.7 Å². The molecule has 0 aliphatic heterocycles. The number of hydrogen-bond donors (Lipinski definition) is 1. The summed E-state index contributed by atoms with van der Waals surface area (Å²) in [6.07, 6.45) is 4.54. The summed E-state index contributed by atoms with van der Waals surface area (Å²) in [7, 11) is 1.08. The third kappa shape index (κ3) is 3.30. The van der Waals surface area contributed by atoms with E-state index in [1.54, 1.807) is 12.3 Å². The molecule has 0 aliphatic rings. The minimum absolute atomic E-state index is 0.0376. The molecule has 2 aromatic heterocycles. The second-order valence-corrected chi connectivity index (χ2v) is 5.05. The number of aromatic nitrogens is 3. The molecule has 3 rings (SSSR count). The minimum Gasteiger partial charge on any atom is -0.467 e. The van der Waals surface area contributed by atoms with Gasteiger partial charge in [-0.2, -0.15) is 0 Å². The van der Waals surface area contributed by atoms with E-state index >= 15 is 0 Å². The number of fused-ring (bicyclic) bond motifs is 1. The van der Waals surface area contributed by atoms with E-state index in [0.29, 0.717) is 0 Å². The van der Waals surface area contributed by atoms with E-state index in [2.05, 4.69) is 20.0 Å². The molecular formula is C16H12F2N4O3. The number of benzene rings is 1. The van der Waals surface area contributed by atoms with Crippen LogP contribution in [0.5, 0.6) is 0 Å². The van der Waals surface area contributed by atoms with Crippen LogP contribution in [0.4, 0.5) is 8.78 Å². The lowest BCUT2D eigenvalue weighted by Gasteiger charge is -2.17. The molecule has 9 heteroatoms. The number of esters is 1. The number of carbonyl (C=O) groups excluding carboxylic acids is 2. The van der Waals surface area contributed by atoms with Gasteiger partial charge < -0.3 is 10.1 Å². The molecule has 0 saturated carbocycles. The maximum atomic E-state index is 14.0. The van der Waals surface area contributed by atoms with E-state index in [-0.39, 0.29) is 17.0 Å². The number of hydrogen-bond acceptors (Lipinski definition) is 5. The fourth-order valence-corrected chi connectivity index (χ4v) is 2.26. The van der Waals surface area contributed by atoms with Crippen LogP contribution in [0.25, 0.3) is 5.78 Å². The zero-order chi connectivity index (χ0) is 18.0. The predicted octanol–water partition coefficient (Wildman–Crippen LogP) is 1.65. The van der Waals surface area contributed by atoms with Gasteiger partial charge in [0.1, 0.15) is 17.3 Å². The van der Waals surface area contributed by atoms with Crippen LogP contribution in [-0.4, -0.2) is 33.4 Å². The van der Waals surface area contributed by atoms with Crippen LogP contribution in [0.3, 0.4) is 0 Å². The van der Waals surface area contributed by atoms with Crippen molar-refractivity contribution in [3.8, 4) is 0 Å². The van der Waals surface area contributed by atoms with Gasteiger partial charge in [0.2, 0.25) is 5.78 Å². The van der Waals surface area contributed by atoms with Crippen molar-refractivity contribution in [2.24, 2.45) is 0 Å². The number of ether oxygens (including phenoxy) is 1. The smallest absolute Gasteiger partial charge is 0.333 e. The summed E-state index contributed by atoms with van der Waals surface area (Å²) >= 11 is 0. The topological polar surface area (TPSA) is 85.6 Å². The third-order valence-electron chi connectivity index (χ3n) is 3.45. The molecule has 1 N–H and O–H groups in total. The molecule has 0 saturated heterocycles. The second kappa shape index (κ2) is 6.63. The Morgan fingerprint density at radius 3 is 2.84 bits per heavy atom. The molecule has 0 bridgehead atoms. The first-order chi connectivity index (χ1) is 12.0. The first kappa shape index (κ1) is 16.5. The number of carbonyl (C=O) groups is 2. The Kier molecular flexibility index (Phi) is 4.38. The molecule has 1 amide bonds. The van der Waals surface area contributed by atoms with Crippen LogP contribution >= 0.6 is 0 Å². The van der Waals surface area contributed by atoms with Crippen molar-refractivity contribution < 1.29 is 23.1 Å². The first-order valence-electron chi connectivity index (χ1n) is 7.13. The zero-order valence-electron chi connectivity index (χ0n) is 12.9. The molecule has 2 heterocycles. The summed E-state index contributed by atoms with van der Waals surface area (Å²) in [5, 5.41) is 2.31. The van der Waals surface area contributed by atoms with E-state index < -0.39 is 29.6 Å². The Morgan fingerprint density at radius 1 is 1.32 bits per heavy atom. The Labute approximate surface area is 140 Å². The number of nitrogens with zero attached hydrogens (tertiary/aromatic N) is 3. The summed E-state index contributed by atoms with van der Waals surface area (Å²) in [5.41, 5.74) is -0.383. The van der Waals surface area contributed by atoms with Gasteiger partial charge in [0.25, 0.3) is 5.91 Å². The molecular weight excluding hydrogens is 334 g/mol. The van der Waals surface area contributed by atoms with E-state index in [4.69, 9.17) is 0 Å². The highest BCUT2D eigenvalue weighted by Gasteiger charge is 2.28. The molecule has 25 heavy (non-hydrogen) atoms. The number of nitrogens with one attached hydrogen (secondary N) is 1. The molecule has 128 valence electrons. The van der Waals surface area contributed by atoms with Crippen molar-refractivity contribution in [1.29, 1.82) is 0 Å². The Hall–Kier alpha value is -3.36. The summed E-state index contributed by atoms with van der Waals surface area (Å²) in [5.74, 6) is -3.03. The number of rotatable bonds is 4. The standard InChI is InChI=1S/C16H12F2N4O3/c1-25-15(24)13(10-7-9(17)3-4-11(10)18)21-14(23)12-8-22-6-2-5-19-16(22)20-12/h2-8,13H,1H3,(H,21,23)/t13-/m0/s1. The second-order valence-electron chi connectivity index (χ2n) is 5.05. The fraction of sp³-hybridized carbons (Fsp3) is 0.125. The highest BCUT2D eigenvalue weighted by molar-refractivity contribution is 5.95. The van der Waals surface area contributed by atoms with Crippen molar-refractivity contribution in [1.82, 2.24) is 19.7 Å². The van der Waals surface area contributed by atoms with Crippen LogP contribution < -0.4 is 5.32 Å². The Bertz CT molecular complexity index is 924. The fourth-order valence-electron chi connectivity index (χ4n) is 2.26. The molecule has 0 spiro atoms. The van der Waals surface area contributed by atoms with Gasteiger partial charge in [0.15, 0.2) is 6.04 Å². The van der Waals surface area contributed by atoms with Gasteiger partial charge in [0, 0.05) is 24.2 Å². The first-order valence-corrected chi connectivity index (χ1v) is 7.13. The van der Waals surface area contributed by atoms with Gasteiger partial charge in [-0.3, -0.25) is 9.20 Å². The van der Waals surface area contributed by atoms with Crippen molar-refractivity contribution in [3.63, 3.8) is 0 Å². The highest BCUT2D eigenvalue weighted by Crippen LogP contribution is 2.20. The molecule has 3 aromatic rings. The number of imidazole rings is 1. The van der Waals surface area contributed by atoms with E-state index in [9.17, 15) is 18.4 Å². The zero-order valence-corrected chi connectivity index (χ0v) is 12.9. The summed E-state index contributed by atoms with van der Waals surface area (Å²) in [4.78, 5) is 32.3. The maximum absolute atomic E-state index is 14.0. The quantitative estimate of drug-likeness (QED) is 0.726. The minimum atomic E-state index is -1.52. The highest BCUT2D eigenvalue weighted by atomic mass is 19.1. The van der Waals surface area contributed by atoms with Gasteiger partial charge in [-0.25, -0.2) is 23.5 Å². The third-order valence-corrected chi connectivity index (χ3v) is 3.45. The van der Waals surface area contributed by atoms with Gasteiger partial charge in [-0.15, -0.1) is 0 Å². The lowest BCUT2D eigenvalue weighted by Crippen LogP contribution is -2.35. The lowest BCUT2D eigenvalue weighted by atomic mass is 10.1. The molecule has 7 nitrogen and oxygen atoms in total. The molecule has 0 fully saturated rings. The summed E-state index contributed by atoms with van der Waals surface area (Å²) < 4.78 is 33.5. The van der Waals surface area contributed by atoms with E-state index in [0.717, 1.165) is 25.3 Å². The van der Waals surface area contributed by atoms with Gasteiger partial charge in [-0.1, -0.05) is 0 Å². The lowest BCUT2D eigenvalue weighted by molar-refractivity contribution is -0.143. The summed E-state index contributed by atoms with van der Waals surface area (Å²) in [6.45, 7) is 0. The SMILES string of the molecule is COC(=O)[C@@H](NC(=O)c1cn2cccnc2n1)c1cc(F)ccc1F. The van der Waals surface area contributed by atoms with Gasteiger partial charge >= 0.3 is 5.97 Å². The maximum Gasteiger partial charge on any atom is 0.333 e. The van der Waals surface area contributed by atoms with Gasteiger partial charge in [-0.05, 0) is 24.3 Å². The molecule has 0 radical (unpaired) electrons. The number of methoxy groups -OCH3 is 1. The summed E-state index contributed by atoms with van der Waals surface area (Å²) in [6, 6.07) is 2.72. The van der Waals surface area contributed by atoms with Crippen LogP contribution in [0.1, 0.15) is 22.1 Å². The van der Waals surface area contributed by atoms with E-state index in [1.165, 1.54) is 16.8 Å². The monoisotopic (exact) mass is 346 g/mol. The van der Waals surface area contributed by atoms with Crippen molar-refractivity contribution in [2.45, 2.75) is 6.04 Å². The largest absolute Gasteiger partial charge is 0.467 e. The Morgan fingerprint density at radius 2 is 2.12 bits per heavy atom. The number of amides is 1. The normalized spacial score (nSPS) is 12.0. The van der Waals surface area contributed by atoms with Crippen LogP contribution in [-0.2, 0) is 9.53 Å². The Balaban J connectivity index is 1.93. The molecule has 1 atom stereocenters. The molecule has 0 unspecified atom stereocenters. The molecule has 0 aliphatic carbocycles. The number of halogens is 2.